The van der Waals surface area contributed by atoms with Gasteiger partial charge in [-0.25, -0.2) is 4.79 Å². The Labute approximate surface area is 160 Å². The molecule has 0 aromatic heterocycles. The SMILES string of the molecule is CN(C)/C=C1\C(=O)Nc2cccc(N3CCN(C(=O)OC(C)(C)C)CC3)c21. The number of piperazine rings is 1. The molecule has 0 aliphatic carbocycles. The fourth-order valence-corrected chi connectivity index (χ4v) is 3.33. The molecule has 0 spiro atoms. The van der Waals surface area contributed by atoms with Crippen LogP contribution in [0.1, 0.15) is 26.3 Å². The van der Waals surface area contributed by atoms with E-state index in [1.54, 1.807) is 4.90 Å². The number of ether oxygens (including phenoxy) is 1. The Balaban J connectivity index is 1.78. The van der Waals surface area contributed by atoms with Crippen LogP contribution in [-0.2, 0) is 9.53 Å². The third kappa shape index (κ3) is 4.18. The minimum Gasteiger partial charge on any atom is -0.444 e. The summed E-state index contributed by atoms with van der Waals surface area (Å²) in [6, 6.07) is 5.91. The van der Waals surface area contributed by atoms with E-state index >= 15 is 0 Å². The zero-order chi connectivity index (χ0) is 19.8. The van der Waals surface area contributed by atoms with Crippen molar-refractivity contribution >= 4 is 28.9 Å². The van der Waals surface area contributed by atoms with Gasteiger partial charge in [0.15, 0.2) is 0 Å². The van der Waals surface area contributed by atoms with Crippen molar-refractivity contribution in [1.29, 1.82) is 0 Å². The number of amides is 2. The van der Waals surface area contributed by atoms with E-state index in [2.05, 4.69) is 10.2 Å². The molecule has 27 heavy (non-hydrogen) atoms. The maximum Gasteiger partial charge on any atom is 0.410 e. The van der Waals surface area contributed by atoms with Crippen LogP contribution in [0.15, 0.2) is 24.4 Å². The Bertz CT molecular complexity index is 772. The fraction of sp³-hybridized carbons (Fsp3) is 0.500. The molecular formula is C20H28N4O3. The number of carbonyl (C=O) groups is 2. The summed E-state index contributed by atoms with van der Waals surface area (Å²) in [5.41, 5.74) is 2.96. The summed E-state index contributed by atoms with van der Waals surface area (Å²) in [6.45, 7) is 8.18. The van der Waals surface area contributed by atoms with Crippen LogP contribution in [-0.4, -0.2) is 67.7 Å². The predicted octanol–water partition coefficient (Wildman–Crippen LogP) is 2.60. The van der Waals surface area contributed by atoms with E-state index in [1.165, 1.54) is 0 Å². The van der Waals surface area contributed by atoms with E-state index in [1.807, 2.05) is 64.2 Å². The lowest BCUT2D eigenvalue weighted by atomic mass is 10.0. The van der Waals surface area contributed by atoms with Gasteiger partial charge >= 0.3 is 6.09 Å². The summed E-state index contributed by atoms with van der Waals surface area (Å²) in [4.78, 5) is 30.5. The van der Waals surface area contributed by atoms with E-state index in [-0.39, 0.29) is 12.0 Å². The molecule has 2 aliphatic heterocycles. The number of hydrogen-bond donors (Lipinski definition) is 1. The quantitative estimate of drug-likeness (QED) is 0.809. The second-order valence-corrected chi connectivity index (χ2v) is 8.11. The Hall–Kier alpha value is -2.70. The summed E-state index contributed by atoms with van der Waals surface area (Å²) in [6.07, 6.45) is 1.58. The molecule has 7 nitrogen and oxygen atoms in total. The first-order chi connectivity index (χ1) is 12.7. The van der Waals surface area contributed by atoms with Crippen molar-refractivity contribution < 1.29 is 14.3 Å². The first kappa shape index (κ1) is 19.1. The summed E-state index contributed by atoms with van der Waals surface area (Å²) in [7, 11) is 3.81. The maximum absolute atomic E-state index is 12.4. The lowest BCUT2D eigenvalue weighted by Gasteiger charge is -2.37. The van der Waals surface area contributed by atoms with Gasteiger partial charge in [-0.05, 0) is 32.9 Å². The van der Waals surface area contributed by atoms with Crippen molar-refractivity contribution in [2.24, 2.45) is 0 Å². The zero-order valence-electron chi connectivity index (χ0n) is 16.7. The van der Waals surface area contributed by atoms with Crippen LogP contribution >= 0.6 is 0 Å². The molecule has 146 valence electrons. The third-order valence-electron chi connectivity index (χ3n) is 4.46. The summed E-state index contributed by atoms with van der Waals surface area (Å²) in [5, 5.41) is 2.94. The number of carbonyl (C=O) groups excluding carboxylic acids is 2. The van der Waals surface area contributed by atoms with E-state index in [0.717, 1.165) is 16.9 Å². The van der Waals surface area contributed by atoms with Crippen molar-refractivity contribution in [1.82, 2.24) is 9.80 Å². The highest BCUT2D eigenvalue weighted by molar-refractivity contribution is 6.33. The van der Waals surface area contributed by atoms with Gasteiger partial charge in [-0.1, -0.05) is 6.07 Å². The van der Waals surface area contributed by atoms with E-state index in [0.29, 0.717) is 31.8 Å². The number of fused-ring (bicyclic) bond motifs is 1. The minimum absolute atomic E-state index is 0.0847. The van der Waals surface area contributed by atoms with Crippen LogP contribution in [0.25, 0.3) is 5.57 Å². The third-order valence-corrected chi connectivity index (χ3v) is 4.46. The maximum atomic E-state index is 12.4. The monoisotopic (exact) mass is 372 g/mol. The van der Waals surface area contributed by atoms with Gasteiger partial charge in [0.2, 0.25) is 0 Å². The molecule has 0 atom stereocenters. The number of benzene rings is 1. The van der Waals surface area contributed by atoms with Crippen LogP contribution in [0.2, 0.25) is 0 Å². The molecule has 0 unspecified atom stereocenters. The van der Waals surface area contributed by atoms with Gasteiger partial charge < -0.3 is 24.8 Å². The Morgan fingerprint density at radius 1 is 1.19 bits per heavy atom. The van der Waals surface area contributed by atoms with Gasteiger partial charge in [-0.3, -0.25) is 4.79 Å². The van der Waals surface area contributed by atoms with Crippen molar-refractivity contribution in [2.75, 3.05) is 50.5 Å². The number of rotatable bonds is 2. The van der Waals surface area contributed by atoms with Gasteiger partial charge in [0.25, 0.3) is 5.91 Å². The second-order valence-electron chi connectivity index (χ2n) is 8.11. The first-order valence-corrected chi connectivity index (χ1v) is 9.21. The van der Waals surface area contributed by atoms with Crippen molar-refractivity contribution in [2.45, 2.75) is 26.4 Å². The van der Waals surface area contributed by atoms with Crippen LogP contribution in [0.5, 0.6) is 0 Å². The highest BCUT2D eigenvalue weighted by Gasteiger charge is 2.31. The van der Waals surface area contributed by atoms with Crippen LogP contribution in [0, 0.1) is 0 Å². The van der Waals surface area contributed by atoms with Gasteiger partial charge in [0.1, 0.15) is 5.60 Å². The number of nitrogens with zero attached hydrogens (tertiary/aromatic N) is 3. The molecule has 2 amide bonds. The van der Waals surface area contributed by atoms with E-state index in [4.69, 9.17) is 4.74 Å². The summed E-state index contributed by atoms with van der Waals surface area (Å²) in [5.74, 6) is -0.0847. The zero-order valence-corrected chi connectivity index (χ0v) is 16.7. The lowest BCUT2D eigenvalue weighted by Crippen LogP contribution is -2.50. The van der Waals surface area contributed by atoms with Crippen molar-refractivity contribution in [3.8, 4) is 0 Å². The highest BCUT2D eigenvalue weighted by atomic mass is 16.6. The molecule has 2 heterocycles. The lowest BCUT2D eigenvalue weighted by molar-refractivity contribution is -0.110. The molecule has 1 aromatic rings. The molecule has 1 aromatic carbocycles. The number of nitrogens with one attached hydrogen (secondary N) is 1. The molecule has 0 radical (unpaired) electrons. The summed E-state index contributed by atoms with van der Waals surface area (Å²) >= 11 is 0. The molecule has 1 saturated heterocycles. The number of anilines is 2. The van der Waals surface area contributed by atoms with Gasteiger partial charge in [-0.2, -0.15) is 0 Å². The van der Waals surface area contributed by atoms with E-state index < -0.39 is 5.60 Å². The topological polar surface area (TPSA) is 65.1 Å². The standard InChI is InChI=1S/C20H28N4O3/c1-20(2,3)27-19(26)24-11-9-23(10-12-24)16-8-6-7-15-17(16)14(13-22(4)5)18(25)21-15/h6-8,13H,9-12H2,1-5H3,(H,21,25)/b14-13-. The molecule has 1 N–H and O–H groups in total. The predicted molar refractivity (Wildman–Crippen MR) is 107 cm³/mol. The Kier molecular flexibility index (Phi) is 5.04. The fourth-order valence-electron chi connectivity index (χ4n) is 3.33. The first-order valence-electron chi connectivity index (χ1n) is 9.21. The largest absolute Gasteiger partial charge is 0.444 e. The number of hydrogen-bond acceptors (Lipinski definition) is 5. The van der Waals surface area contributed by atoms with Crippen LogP contribution in [0.4, 0.5) is 16.2 Å². The highest BCUT2D eigenvalue weighted by Crippen LogP contribution is 2.39. The molecule has 1 fully saturated rings. The second kappa shape index (κ2) is 7.13. The van der Waals surface area contributed by atoms with E-state index in [9.17, 15) is 9.59 Å². The molecule has 2 aliphatic rings. The molecule has 7 heteroatoms. The van der Waals surface area contributed by atoms with Gasteiger partial charge in [0, 0.05) is 57.7 Å². The normalized spacial score (nSPS) is 18.4. The van der Waals surface area contributed by atoms with Crippen molar-refractivity contribution in [3.05, 3.63) is 30.0 Å². The van der Waals surface area contributed by atoms with Crippen molar-refractivity contribution in [3.63, 3.8) is 0 Å². The van der Waals surface area contributed by atoms with Gasteiger partial charge in [0.05, 0.1) is 11.3 Å². The average molecular weight is 372 g/mol. The smallest absolute Gasteiger partial charge is 0.410 e. The molecule has 3 rings (SSSR count). The average Bonchev–Trinajstić information content (AvgIpc) is 2.88. The molecular weight excluding hydrogens is 344 g/mol. The van der Waals surface area contributed by atoms with Gasteiger partial charge in [-0.15, -0.1) is 0 Å². The Morgan fingerprint density at radius 2 is 1.85 bits per heavy atom. The summed E-state index contributed by atoms with van der Waals surface area (Å²) < 4.78 is 5.47. The minimum atomic E-state index is -0.494. The van der Waals surface area contributed by atoms with Crippen LogP contribution in [0.3, 0.4) is 0 Å². The van der Waals surface area contributed by atoms with Crippen LogP contribution < -0.4 is 10.2 Å². The molecule has 0 saturated carbocycles. The Morgan fingerprint density at radius 3 is 2.44 bits per heavy atom. The molecule has 0 bridgehead atoms.